The third-order valence-corrected chi connectivity index (χ3v) is 3.50. The van der Waals surface area contributed by atoms with Crippen LogP contribution < -0.4 is 0 Å². The Bertz CT molecular complexity index is 177. The van der Waals surface area contributed by atoms with Crippen molar-refractivity contribution in [1.82, 2.24) is 4.90 Å². The SMILES string of the molecule is CCC(CC#N)N(C)C(CC)CSC. The molecule has 0 saturated carbocycles. The monoisotopic (exact) mass is 214 g/mol. The first-order chi connectivity index (χ1) is 6.71. The number of hydrogen-bond donors (Lipinski definition) is 0. The van der Waals surface area contributed by atoms with E-state index in [1.165, 1.54) is 6.42 Å². The first-order valence-electron chi connectivity index (χ1n) is 5.28. The van der Waals surface area contributed by atoms with Crippen molar-refractivity contribution in [3.63, 3.8) is 0 Å². The highest BCUT2D eigenvalue weighted by Gasteiger charge is 2.19. The van der Waals surface area contributed by atoms with Crippen LogP contribution in [0.2, 0.25) is 0 Å². The minimum atomic E-state index is 0.428. The molecule has 0 aliphatic heterocycles. The Kier molecular flexibility index (Phi) is 8.02. The molecule has 0 aliphatic rings. The van der Waals surface area contributed by atoms with Gasteiger partial charge in [0, 0.05) is 17.8 Å². The summed E-state index contributed by atoms with van der Waals surface area (Å²) < 4.78 is 0. The molecule has 2 atom stereocenters. The quantitative estimate of drug-likeness (QED) is 0.652. The number of thioether (sulfide) groups is 1. The van der Waals surface area contributed by atoms with Crippen molar-refractivity contribution < 1.29 is 0 Å². The lowest BCUT2D eigenvalue weighted by molar-refractivity contribution is 0.180. The van der Waals surface area contributed by atoms with E-state index in [0.717, 1.165) is 12.2 Å². The van der Waals surface area contributed by atoms with E-state index in [2.05, 4.69) is 38.1 Å². The lowest BCUT2D eigenvalue weighted by Crippen LogP contribution is -2.40. The van der Waals surface area contributed by atoms with Gasteiger partial charge in [-0.05, 0) is 26.1 Å². The van der Waals surface area contributed by atoms with Crippen molar-refractivity contribution in [2.45, 2.75) is 45.2 Å². The maximum Gasteiger partial charge on any atom is 0.0638 e. The number of hydrogen-bond acceptors (Lipinski definition) is 3. The third-order valence-electron chi connectivity index (χ3n) is 2.78. The third kappa shape index (κ3) is 4.34. The molecule has 0 fully saturated rings. The molecule has 0 heterocycles. The molecule has 14 heavy (non-hydrogen) atoms. The molecule has 0 radical (unpaired) electrons. The van der Waals surface area contributed by atoms with Crippen molar-refractivity contribution in [3.8, 4) is 6.07 Å². The molecule has 0 rings (SSSR count). The second-order valence-corrected chi connectivity index (χ2v) is 4.52. The molecule has 2 nitrogen and oxygen atoms in total. The molecule has 3 heteroatoms. The van der Waals surface area contributed by atoms with Gasteiger partial charge >= 0.3 is 0 Å². The van der Waals surface area contributed by atoms with E-state index in [9.17, 15) is 0 Å². The van der Waals surface area contributed by atoms with Crippen LogP contribution in [0.15, 0.2) is 0 Å². The number of nitrogens with zero attached hydrogens (tertiary/aromatic N) is 2. The van der Waals surface area contributed by atoms with E-state index in [1.54, 1.807) is 0 Å². The second kappa shape index (κ2) is 8.14. The number of nitriles is 1. The summed E-state index contributed by atoms with van der Waals surface area (Å²) in [5.41, 5.74) is 0. The molecule has 0 aromatic carbocycles. The summed E-state index contributed by atoms with van der Waals surface area (Å²) in [6.45, 7) is 4.38. The average Bonchev–Trinajstić information content (AvgIpc) is 2.21. The molecule has 0 aromatic rings. The fourth-order valence-electron chi connectivity index (χ4n) is 1.70. The summed E-state index contributed by atoms with van der Waals surface area (Å²) in [5.74, 6) is 1.16. The summed E-state index contributed by atoms with van der Waals surface area (Å²) in [6.07, 6.45) is 5.02. The van der Waals surface area contributed by atoms with E-state index in [0.29, 0.717) is 18.5 Å². The van der Waals surface area contributed by atoms with Gasteiger partial charge in [-0.15, -0.1) is 0 Å². The average molecular weight is 214 g/mol. The number of rotatable bonds is 7. The van der Waals surface area contributed by atoms with Crippen LogP contribution in [0.1, 0.15) is 33.1 Å². The highest BCUT2D eigenvalue weighted by molar-refractivity contribution is 7.98. The molecule has 0 N–H and O–H groups in total. The van der Waals surface area contributed by atoms with Crippen LogP contribution in [0.5, 0.6) is 0 Å². The van der Waals surface area contributed by atoms with E-state index < -0.39 is 0 Å². The zero-order valence-electron chi connectivity index (χ0n) is 9.79. The Morgan fingerprint density at radius 3 is 2.21 bits per heavy atom. The molecular formula is C11H22N2S. The predicted octanol–water partition coefficient (Wildman–Crippen LogP) is 2.75. The van der Waals surface area contributed by atoms with Crippen LogP contribution in [0, 0.1) is 11.3 Å². The van der Waals surface area contributed by atoms with Crippen LogP contribution in [-0.4, -0.2) is 36.0 Å². The van der Waals surface area contributed by atoms with Crippen molar-refractivity contribution in [1.29, 1.82) is 5.26 Å². The summed E-state index contributed by atoms with van der Waals surface area (Å²) in [4.78, 5) is 2.37. The summed E-state index contributed by atoms with van der Waals surface area (Å²) in [5, 5.41) is 8.72. The molecule has 0 aliphatic carbocycles. The first-order valence-corrected chi connectivity index (χ1v) is 6.68. The van der Waals surface area contributed by atoms with Gasteiger partial charge in [0.15, 0.2) is 0 Å². The zero-order valence-corrected chi connectivity index (χ0v) is 10.6. The molecular weight excluding hydrogens is 192 g/mol. The Balaban J connectivity index is 4.22. The molecule has 82 valence electrons. The molecule has 0 bridgehead atoms. The van der Waals surface area contributed by atoms with Crippen molar-refractivity contribution in [2.75, 3.05) is 19.1 Å². The van der Waals surface area contributed by atoms with Gasteiger partial charge < -0.3 is 0 Å². The van der Waals surface area contributed by atoms with E-state index in [4.69, 9.17) is 5.26 Å². The largest absolute Gasteiger partial charge is 0.299 e. The Labute approximate surface area is 92.7 Å². The second-order valence-electron chi connectivity index (χ2n) is 3.61. The van der Waals surface area contributed by atoms with Gasteiger partial charge in [0.25, 0.3) is 0 Å². The lowest BCUT2D eigenvalue weighted by Gasteiger charge is -2.32. The normalized spacial score (nSPS) is 15.1. The highest BCUT2D eigenvalue weighted by Crippen LogP contribution is 2.15. The molecule has 0 spiro atoms. The molecule has 0 aromatic heterocycles. The van der Waals surface area contributed by atoms with Crippen molar-refractivity contribution >= 4 is 11.8 Å². The summed E-state index contributed by atoms with van der Waals surface area (Å²) in [7, 11) is 2.15. The first kappa shape index (κ1) is 13.8. The maximum absolute atomic E-state index is 8.72. The molecule has 2 unspecified atom stereocenters. The lowest BCUT2D eigenvalue weighted by atomic mass is 10.1. The highest BCUT2D eigenvalue weighted by atomic mass is 32.2. The zero-order chi connectivity index (χ0) is 11.0. The Morgan fingerprint density at radius 2 is 1.86 bits per heavy atom. The molecule has 0 saturated heterocycles. The van der Waals surface area contributed by atoms with Crippen LogP contribution in [0.3, 0.4) is 0 Å². The predicted molar refractivity (Wildman–Crippen MR) is 64.5 cm³/mol. The van der Waals surface area contributed by atoms with E-state index >= 15 is 0 Å². The van der Waals surface area contributed by atoms with Gasteiger partial charge in [-0.1, -0.05) is 13.8 Å². The summed E-state index contributed by atoms with van der Waals surface area (Å²) >= 11 is 1.88. The fraction of sp³-hybridized carbons (Fsp3) is 0.909. The van der Waals surface area contributed by atoms with Crippen LogP contribution in [-0.2, 0) is 0 Å². The van der Waals surface area contributed by atoms with E-state index in [1.807, 2.05) is 11.8 Å². The smallest absolute Gasteiger partial charge is 0.0638 e. The van der Waals surface area contributed by atoms with Crippen LogP contribution in [0.4, 0.5) is 0 Å². The van der Waals surface area contributed by atoms with Crippen molar-refractivity contribution in [3.05, 3.63) is 0 Å². The van der Waals surface area contributed by atoms with Crippen LogP contribution in [0.25, 0.3) is 0 Å². The van der Waals surface area contributed by atoms with Gasteiger partial charge in [0.2, 0.25) is 0 Å². The summed E-state index contributed by atoms with van der Waals surface area (Å²) in [6, 6.07) is 3.31. The Hall–Kier alpha value is -0.200. The maximum atomic E-state index is 8.72. The standard InChI is InChI=1S/C11H22N2S/c1-5-10(7-8-12)13(3)11(6-2)9-14-4/h10-11H,5-7,9H2,1-4H3. The van der Waals surface area contributed by atoms with Crippen LogP contribution >= 0.6 is 11.8 Å². The van der Waals surface area contributed by atoms with E-state index in [-0.39, 0.29) is 0 Å². The van der Waals surface area contributed by atoms with Crippen molar-refractivity contribution in [2.24, 2.45) is 0 Å². The van der Waals surface area contributed by atoms with Gasteiger partial charge in [-0.2, -0.15) is 17.0 Å². The minimum Gasteiger partial charge on any atom is -0.299 e. The topological polar surface area (TPSA) is 27.0 Å². The molecule has 0 amide bonds. The minimum absolute atomic E-state index is 0.428. The van der Waals surface area contributed by atoms with Gasteiger partial charge in [0.1, 0.15) is 0 Å². The van der Waals surface area contributed by atoms with Gasteiger partial charge in [-0.25, -0.2) is 0 Å². The van der Waals surface area contributed by atoms with Gasteiger partial charge in [-0.3, -0.25) is 4.90 Å². The Morgan fingerprint density at radius 1 is 1.29 bits per heavy atom. The van der Waals surface area contributed by atoms with Gasteiger partial charge in [0.05, 0.1) is 12.5 Å². The fourth-order valence-corrected chi connectivity index (χ4v) is 2.55.